The summed E-state index contributed by atoms with van der Waals surface area (Å²) >= 11 is 3.21. The standard InChI is InChI=1S/C9H8BrN5O2S/c1-14(2)18(16,17)15-7-3-6(10)5-12-9(7)13-8(15)4-11/h3,5H,1-2H3. The van der Waals surface area contributed by atoms with Crippen molar-refractivity contribution in [1.82, 2.24) is 18.2 Å². The lowest BCUT2D eigenvalue weighted by atomic mass is 10.4. The molecule has 0 aliphatic carbocycles. The summed E-state index contributed by atoms with van der Waals surface area (Å²) in [6, 6.07) is 3.31. The van der Waals surface area contributed by atoms with E-state index in [9.17, 15) is 8.42 Å². The molecule has 0 fully saturated rings. The Morgan fingerprint density at radius 1 is 1.50 bits per heavy atom. The van der Waals surface area contributed by atoms with Gasteiger partial charge in [0.25, 0.3) is 0 Å². The number of nitrogens with zero attached hydrogens (tertiary/aromatic N) is 5. The van der Waals surface area contributed by atoms with E-state index in [1.165, 1.54) is 20.3 Å². The van der Waals surface area contributed by atoms with Gasteiger partial charge >= 0.3 is 10.2 Å². The maximum Gasteiger partial charge on any atom is 0.309 e. The van der Waals surface area contributed by atoms with Gasteiger partial charge in [-0.25, -0.2) is 4.98 Å². The molecule has 0 radical (unpaired) electrons. The van der Waals surface area contributed by atoms with Crippen molar-refractivity contribution in [3.05, 3.63) is 22.6 Å². The summed E-state index contributed by atoms with van der Waals surface area (Å²) in [6.07, 6.45) is 1.49. The second kappa shape index (κ2) is 4.31. The van der Waals surface area contributed by atoms with Crippen LogP contribution >= 0.6 is 15.9 Å². The van der Waals surface area contributed by atoms with E-state index in [2.05, 4.69) is 25.9 Å². The average molecular weight is 330 g/mol. The van der Waals surface area contributed by atoms with Gasteiger partial charge in [0.1, 0.15) is 11.6 Å². The van der Waals surface area contributed by atoms with Gasteiger partial charge in [0, 0.05) is 24.8 Å². The Balaban J connectivity index is 2.93. The first-order valence-corrected chi connectivity index (χ1v) is 6.94. The number of fused-ring (bicyclic) bond motifs is 1. The van der Waals surface area contributed by atoms with Crippen LogP contribution in [-0.2, 0) is 10.2 Å². The minimum Gasteiger partial charge on any atom is -0.234 e. The van der Waals surface area contributed by atoms with E-state index in [4.69, 9.17) is 5.26 Å². The summed E-state index contributed by atoms with van der Waals surface area (Å²) in [7, 11) is -1.05. The molecule has 2 heterocycles. The zero-order chi connectivity index (χ0) is 13.5. The fraction of sp³-hybridized carbons (Fsp3) is 0.222. The molecule has 0 saturated heterocycles. The van der Waals surface area contributed by atoms with Crippen molar-refractivity contribution < 1.29 is 8.42 Å². The minimum absolute atomic E-state index is 0.208. The van der Waals surface area contributed by atoms with Gasteiger partial charge in [-0.05, 0) is 22.0 Å². The minimum atomic E-state index is -3.82. The summed E-state index contributed by atoms with van der Waals surface area (Å²) in [5.41, 5.74) is 0.467. The molecule has 0 atom stereocenters. The summed E-state index contributed by atoms with van der Waals surface area (Å²) in [5.74, 6) is -0.218. The van der Waals surface area contributed by atoms with Crippen LogP contribution in [-0.4, -0.2) is 40.8 Å². The first-order valence-electron chi connectivity index (χ1n) is 4.75. The number of nitriles is 1. The third kappa shape index (κ3) is 1.88. The van der Waals surface area contributed by atoms with Crippen molar-refractivity contribution in [3.63, 3.8) is 0 Å². The molecule has 7 nitrogen and oxygen atoms in total. The van der Waals surface area contributed by atoms with Gasteiger partial charge in [-0.1, -0.05) is 0 Å². The topological polar surface area (TPSA) is 91.9 Å². The molecule has 0 aromatic carbocycles. The fourth-order valence-corrected chi connectivity index (χ4v) is 2.71. The monoisotopic (exact) mass is 329 g/mol. The Kier molecular flexibility index (Phi) is 3.10. The van der Waals surface area contributed by atoms with Gasteiger partial charge in [0.2, 0.25) is 5.82 Å². The Bertz CT molecular complexity index is 759. The molecular formula is C9H8BrN5O2S. The van der Waals surface area contributed by atoms with E-state index in [1.54, 1.807) is 12.1 Å². The molecule has 0 aliphatic heterocycles. The van der Waals surface area contributed by atoms with Gasteiger partial charge in [-0.3, -0.25) is 0 Å². The van der Waals surface area contributed by atoms with Crippen LogP contribution in [0, 0.1) is 11.3 Å². The van der Waals surface area contributed by atoms with Crippen molar-refractivity contribution >= 4 is 37.3 Å². The molecule has 0 amide bonds. The zero-order valence-corrected chi connectivity index (χ0v) is 11.9. The summed E-state index contributed by atoms with van der Waals surface area (Å²) < 4.78 is 26.8. The number of pyridine rings is 1. The third-order valence-corrected chi connectivity index (χ3v) is 4.42. The third-order valence-electron chi connectivity index (χ3n) is 2.23. The molecule has 2 rings (SSSR count). The Labute approximate surface area is 112 Å². The van der Waals surface area contributed by atoms with E-state index < -0.39 is 10.2 Å². The maximum absolute atomic E-state index is 12.2. The Hall–Kier alpha value is -1.50. The lowest BCUT2D eigenvalue weighted by Gasteiger charge is -2.13. The van der Waals surface area contributed by atoms with Gasteiger partial charge in [0.15, 0.2) is 5.65 Å². The van der Waals surface area contributed by atoms with E-state index in [-0.39, 0.29) is 17.0 Å². The number of imidazole rings is 1. The summed E-state index contributed by atoms with van der Waals surface area (Å²) in [4.78, 5) is 7.85. The smallest absolute Gasteiger partial charge is 0.234 e. The molecule has 0 aliphatic rings. The van der Waals surface area contributed by atoms with Gasteiger partial charge in [-0.15, -0.1) is 0 Å². The van der Waals surface area contributed by atoms with Crippen LogP contribution in [0.1, 0.15) is 5.82 Å². The molecule has 9 heteroatoms. The van der Waals surface area contributed by atoms with Gasteiger partial charge in [0.05, 0.1) is 0 Å². The van der Waals surface area contributed by atoms with Crippen LogP contribution in [0.3, 0.4) is 0 Å². The van der Waals surface area contributed by atoms with E-state index in [0.717, 1.165) is 8.28 Å². The molecule has 0 unspecified atom stereocenters. The normalized spacial score (nSPS) is 11.9. The van der Waals surface area contributed by atoms with Crippen LogP contribution in [0.15, 0.2) is 16.7 Å². The molecule has 0 saturated carbocycles. The van der Waals surface area contributed by atoms with Gasteiger partial charge in [-0.2, -0.15) is 26.9 Å². The summed E-state index contributed by atoms with van der Waals surface area (Å²) in [5, 5.41) is 8.98. The van der Waals surface area contributed by atoms with Crippen LogP contribution in [0.25, 0.3) is 11.2 Å². The number of halogens is 1. The van der Waals surface area contributed by atoms with Crippen molar-refractivity contribution in [2.75, 3.05) is 14.1 Å². The maximum atomic E-state index is 12.2. The largest absolute Gasteiger partial charge is 0.309 e. The SMILES string of the molecule is CN(C)S(=O)(=O)n1c(C#N)nc2ncc(Br)cc21. The summed E-state index contributed by atoms with van der Waals surface area (Å²) in [6.45, 7) is 0. The van der Waals surface area contributed by atoms with Crippen molar-refractivity contribution in [2.45, 2.75) is 0 Å². The molecular weight excluding hydrogens is 322 g/mol. The first kappa shape index (κ1) is 12.9. The van der Waals surface area contributed by atoms with Crippen LogP contribution < -0.4 is 0 Å². The Morgan fingerprint density at radius 3 is 2.72 bits per heavy atom. The molecule has 0 bridgehead atoms. The van der Waals surface area contributed by atoms with Crippen LogP contribution in [0.2, 0.25) is 0 Å². The molecule has 2 aromatic heterocycles. The van der Waals surface area contributed by atoms with Crippen LogP contribution in [0.5, 0.6) is 0 Å². The Morgan fingerprint density at radius 2 is 2.17 bits per heavy atom. The van der Waals surface area contributed by atoms with Crippen LogP contribution in [0.4, 0.5) is 0 Å². The number of aromatic nitrogens is 3. The molecule has 0 spiro atoms. The average Bonchev–Trinajstić information content (AvgIpc) is 2.66. The zero-order valence-electron chi connectivity index (χ0n) is 9.49. The van der Waals surface area contributed by atoms with E-state index >= 15 is 0 Å². The molecule has 18 heavy (non-hydrogen) atoms. The second-order valence-electron chi connectivity index (χ2n) is 3.60. The van der Waals surface area contributed by atoms with Crippen molar-refractivity contribution in [3.8, 4) is 6.07 Å². The highest BCUT2D eigenvalue weighted by atomic mass is 79.9. The van der Waals surface area contributed by atoms with Gasteiger partial charge < -0.3 is 0 Å². The van der Waals surface area contributed by atoms with E-state index in [0.29, 0.717) is 4.47 Å². The molecule has 2 aromatic rings. The lowest BCUT2D eigenvalue weighted by molar-refractivity contribution is 0.511. The predicted octanol–water partition coefficient (Wildman–Crippen LogP) is 0.720. The fourth-order valence-electron chi connectivity index (χ4n) is 1.38. The number of rotatable bonds is 2. The molecule has 0 N–H and O–H groups in total. The predicted molar refractivity (Wildman–Crippen MR) is 67.9 cm³/mol. The lowest BCUT2D eigenvalue weighted by Crippen LogP contribution is -2.29. The highest BCUT2D eigenvalue weighted by molar-refractivity contribution is 9.10. The number of hydrogen-bond donors (Lipinski definition) is 0. The quantitative estimate of drug-likeness (QED) is 0.809. The molecule has 94 valence electrons. The highest BCUT2D eigenvalue weighted by Crippen LogP contribution is 2.21. The van der Waals surface area contributed by atoms with E-state index in [1.807, 2.05) is 0 Å². The highest BCUT2D eigenvalue weighted by Gasteiger charge is 2.24. The van der Waals surface area contributed by atoms with Crippen molar-refractivity contribution in [1.29, 1.82) is 5.26 Å². The van der Waals surface area contributed by atoms with Crippen molar-refractivity contribution in [2.24, 2.45) is 0 Å². The first-order chi connectivity index (χ1) is 8.37. The second-order valence-corrected chi connectivity index (χ2v) is 6.50. The number of hydrogen-bond acceptors (Lipinski definition) is 5.